The molecule has 1 rings (SSSR count). The number of cyclic esters (lactones) is 1. The second-order valence-corrected chi connectivity index (χ2v) is 12.7. The van der Waals surface area contributed by atoms with Gasteiger partial charge in [-0.25, -0.2) is 0 Å². The van der Waals surface area contributed by atoms with Crippen LogP contribution in [-0.4, -0.2) is 26.5 Å². The highest BCUT2D eigenvalue weighted by atomic mass is 28.4. The van der Waals surface area contributed by atoms with Crippen LogP contribution in [0.4, 0.5) is 0 Å². The van der Waals surface area contributed by atoms with E-state index >= 15 is 0 Å². The van der Waals surface area contributed by atoms with E-state index in [0.717, 1.165) is 12.8 Å². The van der Waals surface area contributed by atoms with Crippen molar-refractivity contribution in [2.75, 3.05) is 0 Å². The molecule has 0 aromatic heterocycles. The number of hydrogen-bond acceptors (Lipinski definition) is 3. The lowest BCUT2D eigenvalue weighted by Gasteiger charge is -2.38. The highest BCUT2D eigenvalue weighted by Crippen LogP contribution is 2.39. The van der Waals surface area contributed by atoms with Gasteiger partial charge in [-0.1, -0.05) is 46.8 Å². The normalized spacial score (nSPS) is 24.1. The number of hydrogen-bond donors (Lipinski definition) is 0. The van der Waals surface area contributed by atoms with Crippen LogP contribution in [0, 0.1) is 5.92 Å². The van der Waals surface area contributed by atoms with Gasteiger partial charge in [-0.2, -0.15) is 0 Å². The summed E-state index contributed by atoms with van der Waals surface area (Å²) in [4.78, 5) is 11.6. The molecule has 0 bridgehead atoms. The second-order valence-electron chi connectivity index (χ2n) is 7.99. The molecule has 1 aliphatic heterocycles. The summed E-state index contributed by atoms with van der Waals surface area (Å²) in [5.41, 5.74) is 0. The Bertz CT molecular complexity index is 380. The Hall–Kier alpha value is -0.613. The molecule has 0 aromatic rings. The minimum absolute atomic E-state index is 0.0814. The van der Waals surface area contributed by atoms with Crippen molar-refractivity contribution in [3.63, 3.8) is 0 Å². The molecule has 2 atom stereocenters. The van der Waals surface area contributed by atoms with E-state index in [1.165, 1.54) is 0 Å². The topological polar surface area (TPSA) is 35.5 Å². The maximum absolute atomic E-state index is 11.6. The fraction of sp³-hybridized carbons (Fsp3) is 0.824. The smallest absolute Gasteiger partial charge is 0.308 e. The first kappa shape index (κ1) is 18.4. The van der Waals surface area contributed by atoms with Gasteiger partial charge in [-0.15, -0.1) is 0 Å². The lowest BCUT2D eigenvalue weighted by Crippen LogP contribution is -2.45. The molecule has 1 fully saturated rings. The van der Waals surface area contributed by atoms with Gasteiger partial charge in [0.05, 0.1) is 12.5 Å². The van der Waals surface area contributed by atoms with Crippen LogP contribution < -0.4 is 0 Å². The highest BCUT2D eigenvalue weighted by Gasteiger charge is 2.44. The summed E-state index contributed by atoms with van der Waals surface area (Å²) in [6, 6.07) is 0. The molecule has 0 spiro atoms. The van der Waals surface area contributed by atoms with Crippen LogP contribution in [0.25, 0.3) is 0 Å². The quantitative estimate of drug-likeness (QED) is 0.406. The van der Waals surface area contributed by atoms with E-state index in [1.54, 1.807) is 0 Å². The summed E-state index contributed by atoms with van der Waals surface area (Å²) >= 11 is 0. The van der Waals surface area contributed by atoms with Crippen molar-refractivity contribution in [1.29, 1.82) is 0 Å². The average Bonchev–Trinajstić information content (AvgIpc) is 2.62. The van der Waals surface area contributed by atoms with E-state index in [1.807, 2.05) is 0 Å². The number of ether oxygens (including phenoxy) is 1. The fourth-order valence-corrected chi connectivity index (χ4v) is 3.41. The summed E-state index contributed by atoms with van der Waals surface area (Å²) < 4.78 is 11.8. The van der Waals surface area contributed by atoms with Gasteiger partial charge < -0.3 is 9.16 Å². The van der Waals surface area contributed by atoms with Crippen LogP contribution in [0.3, 0.4) is 0 Å². The third kappa shape index (κ3) is 5.59. The van der Waals surface area contributed by atoms with Crippen LogP contribution in [0.2, 0.25) is 18.1 Å². The monoisotopic (exact) mass is 312 g/mol. The predicted octanol–water partition coefficient (Wildman–Crippen LogP) is 4.68. The first-order valence-corrected chi connectivity index (χ1v) is 11.0. The number of esters is 1. The average molecular weight is 313 g/mol. The SMILES string of the molecule is CC(C)C/C=C\C[C@@H]1OC(=O)C[C@H]1O[Si](C)(C)C(C)(C)C. The predicted molar refractivity (Wildman–Crippen MR) is 89.8 cm³/mol. The van der Waals surface area contributed by atoms with Crippen LogP contribution in [0.15, 0.2) is 12.2 Å². The Labute approximate surface area is 131 Å². The van der Waals surface area contributed by atoms with Crippen molar-refractivity contribution in [1.82, 2.24) is 0 Å². The molecule has 0 radical (unpaired) electrons. The maximum Gasteiger partial charge on any atom is 0.308 e. The summed E-state index contributed by atoms with van der Waals surface area (Å²) in [5.74, 6) is 0.535. The van der Waals surface area contributed by atoms with E-state index in [0.29, 0.717) is 12.3 Å². The van der Waals surface area contributed by atoms with Crippen LogP contribution in [0.1, 0.15) is 53.9 Å². The molecule has 3 nitrogen and oxygen atoms in total. The number of carbonyl (C=O) groups excluding carboxylic acids is 1. The largest absolute Gasteiger partial charge is 0.459 e. The Kier molecular flexibility index (Phi) is 6.23. The van der Waals surface area contributed by atoms with Crippen molar-refractivity contribution < 1.29 is 14.0 Å². The molecule has 1 aliphatic rings. The molecular weight excluding hydrogens is 280 g/mol. The highest BCUT2D eigenvalue weighted by molar-refractivity contribution is 6.74. The van der Waals surface area contributed by atoms with E-state index in [-0.39, 0.29) is 23.2 Å². The second kappa shape index (κ2) is 7.10. The third-order valence-electron chi connectivity index (χ3n) is 4.46. The number of carbonyl (C=O) groups is 1. The summed E-state index contributed by atoms with van der Waals surface area (Å²) in [7, 11) is -1.86. The van der Waals surface area contributed by atoms with Crippen LogP contribution in [-0.2, 0) is 14.0 Å². The van der Waals surface area contributed by atoms with Gasteiger partial charge in [-0.3, -0.25) is 4.79 Å². The van der Waals surface area contributed by atoms with Gasteiger partial charge in [0.25, 0.3) is 0 Å². The van der Waals surface area contributed by atoms with Gasteiger partial charge in [0.15, 0.2) is 8.32 Å². The molecule has 0 aliphatic carbocycles. The number of rotatable bonds is 6. The first-order chi connectivity index (χ1) is 9.53. The van der Waals surface area contributed by atoms with Crippen molar-refractivity contribution in [3.05, 3.63) is 12.2 Å². The molecule has 122 valence electrons. The molecular formula is C17H32O3Si. The minimum Gasteiger partial charge on any atom is -0.459 e. The zero-order chi connectivity index (χ0) is 16.3. The van der Waals surface area contributed by atoms with Crippen molar-refractivity contribution in [2.45, 2.75) is 84.2 Å². The molecule has 1 saturated heterocycles. The lowest BCUT2D eigenvalue weighted by molar-refractivity contribution is -0.141. The Morgan fingerprint density at radius 3 is 2.48 bits per heavy atom. The molecule has 0 saturated carbocycles. The lowest BCUT2D eigenvalue weighted by atomic mass is 10.1. The van der Waals surface area contributed by atoms with Gasteiger partial charge in [0.1, 0.15) is 6.10 Å². The van der Waals surface area contributed by atoms with Crippen molar-refractivity contribution in [3.8, 4) is 0 Å². The Morgan fingerprint density at radius 2 is 1.95 bits per heavy atom. The van der Waals surface area contributed by atoms with Crippen LogP contribution in [0.5, 0.6) is 0 Å². The van der Waals surface area contributed by atoms with Crippen molar-refractivity contribution >= 4 is 14.3 Å². The molecule has 0 amide bonds. The zero-order valence-electron chi connectivity index (χ0n) is 14.7. The molecule has 0 N–H and O–H groups in total. The molecule has 21 heavy (non-hydrogen) atoms. The zero-order valence-corrected chi connectivity index (χ0v) is 15.7. The standard InChI is InChI=1S/C17H32O3Si/c1-13(2)10-8-9-11-14-15(12-16(18)19-14)20-21(6,7)17(3,4)5/h8-9,13-15H,10-12H2,1-7H3/b9-8-/t14-,15+/m0/s1. The molecule has 4 heteroatoms. The van der Waals surface area contributed by atoms with E-state index in [9.17, 15) is 4.79 Å². The minimum atomic E-state index is -1.86. The maximum atomic E-state index is 11.6. The van der Waals surface area contributed by atoms with Gasteiger partial charge in [0, 0.05) is 6.42 Å². The van der Waals surface area contributed by atoms with E-state index < -0.39 is 8.32 Å². The van der Waals surface area contributed by atoms with Crippen LogP contribution >= 0.6 is 0 Å². The fourth-order valence-electron chi connectivity index (χ4n) is 2.06. The van der Waals surface area contributed by atoms with Gasteiger partial charge in [0.2, 0.25) is 0 Å². The van der Waals surface area contributed by atoms with Gasteiger partial charge in [-0.05, 0) is 30.5 Å². The Balaban J connectivity index is 2.63. The van der Waals surface area contributed by atoms with Gasteiger partial charge >= 0.3 is 5.97 Å². The van der Waals surface area contributed by atoms with Crippen molar-refractivity contribution in [2.24, 2.45) is 5.92 Å². The summed E-state index contributed by atoms with van der Waals surface area (Å²) in [6.07, 6.45) is 6.34. The molecule has 0 unspecified atom stereocenters. The first-order valence-electron chi connectivity index (χ1n) is 8.05. The number of allylic oxidation sites excluding steroid dienone is 1. The molecule has 0 aromatic carbocycles. The summed E-state index contributed by atoms with van der Waals surface area (Å²) in [5, 5.41) is 0.149. The van der Waals surface area contributed by atoms with E-state index in [2.05, 4.69) is 59.9 Å². The summed E-state index contributed by atoms with van der Waals surface area (Å²) in [6.45, 7) is 15.5. The third-order valence-corrected chi connectivity index (χ3v) is 8.96. The van der Waals surface area contributed by atoms with E-state index in [4.69, 9.17) is 9.16 Å². The Morgan fingerprint density at radius 1 is 1.33 bits per heavy atom. The molecule has 1 heterocycles.